The Morgan fingerprint density at radius 2 is 1.55 bits per heavy atom. The molecule has 5 nitrogen and oxygen atoms in total. The Morgan fingerprint density at radius 3 is 2.16 bits per heavy atom. The van der Waals surface area contributed by atoms with Gasteiger partial charge in [0.2, 0.25) is 15.9 Å². The first-order chi connectivity index (χ1) is 14.7. The molecule has 0 aliphatic rings. The summed E-state index contributed by atoms with van der Waals surface area (Å²) in [5.74, 6) is -0.407. The summed E-state index contributed by atoms with van der Waals surface area (Å²) >= 11 is 6.08. The minimum absolute atomic E-state index is 0.0247. The highest BCUT2D eigenvalue weighted by Gasteiger charge is 2.27. The van der Waals surface area contributed by atoms with Crippen molar-refractivity contribution < 1.29 is 13.2 Å². The topological polar surface area (TPSA) is 66.5 Å². The van der Waals surface area contributed by atoms with E-state index in [1.165, 1.54) is 4.31 Å². The van der Waals surface area contributed by atoms with Crippen molar-refractivity contribution >= 4 is 33.2 Å². The van der Waals surface area contributed by atoms with E-state index in [1.54, 1.807) is 48.5 Å². The largest absolute Gasteiger partial charge is 0.324 e. The summed E-state index contributed by atoms with van der Waals surface area (Å²) in [5, 5.41) is 3.37. The zero-order chi connectivity index (χ0) is 22.6. The molecule has 0 aromatic heterocycles. The standard InChI is InChI=1S/C24H25ClN2O3S/c1-17-10-12-22(13-11-17)31(29,30)27(15-20-8-5-9-21(25)14-20)16-23(28)26-24-18(2)6-4-7-19(24)3/h4-14H,15-16H2,1-3H3,(H,26,28). The Bertz CT molecular complexity index is 1170. The number of carbonyl (C=O) groups excluding carboxylic acids is 1. The molecule has 3 aromatic rings. The van der Waals surface area contributed by atoms with Crippen molar-refractivity contribution in [2.45, 2.75) is 32.2 Å². The Morgan fingerprint density at radius 1 is 0.935 bits per heavy atom. The van der Waals surface area contributed by atoms with Crippen molar-refractivity contribution in [3.63, 3.8) is 0 Å². The summed E-state index contributed by atoms with van der Waals surface area (Å²) in [6, 6.07) is 19.2. The van der Waals surface area contributed by atoms with Crippen LogP contribution in [0.25, 0.3) is 0 Å². The number of halogens is 1. The minimum atomic E-state index is -3.91. The van der Waals surface area contributed by atoms with Gasteiger partial charge in [0, 0.05) is 17.3 Å². The Labute approximate surface area is 188 Å². The first kappa shape index (κ1) is 23.0. The molecule has 3 aromatic carbocycles. The quantitative estimate of drug-likeness (QED) is 0.538. The molecule has 0 heterocycles. The molecule has 0 saturated heterocycles. The molecule has 0 saturated carbocycles. The summed E-state index contributed by atoms with van der Waals surface area (Å²) in [7, 11) is -3.91. The van der Waals surface area contributed by atoms with E-state index < -0.39 is 15.9 Å². The van der Waals surface area contributed by atoms with Crippen LogP contribution >= 0.6 is 11.6 Å². The zero-order valence-electron chi connectivity index (χ0n) is 17.7. The maximum Gasteiger partial charge on any atom is 0.243 e. The number of amides is 1. The third kappa shape index (κ3) is 5.73. The molecule has 0 aliphatic heterocycles. The predicted octanol–water partition coefficient (Wildman–Crippen LogP) is 5.09. The number of aryl methyl sites for hydroxylation is 3. The summed E-state index contributed by atoms with van der Waals surface area (Å²) in [4.78, 5) is 13.0. The fraction of sp³-hybridized carbons (Fsp3) is 0.208. The minimum Gasteiger partial charge on any atom is -0.324 e. The number of nitrogens with zero attached hydrogens (tertiary/aromatic N) is 1. The molecule has 0 aliphatic carbocycles. The van der Waals surface area contributed by atoms with Gasteiger partial charge < -0.3 is 5.32 Å². The number of hydrogen-bond acceptors (Lipinski definition) is 3. The molecule has 0 radical (unpaired) electrons. The van der Waals surface area contributed by atoms with Crippen molar-refractivity contribution in [3.8, 4) is 0 Å². The average Bonchev–Trinajstić information content (AvgIpc) is 2.71. The monoisotopic (exact) mass is 456 g/mol. The molecule has 0 spiro atoms. The van der Waals surface area contributed by atoms with Crippen LogP contribution in [-0.2, 0) is 21.4 Å². The van der Waals surface area contributed by atoms with Gasteiger partial charge >= 0.3 is 0 Å². The van der Waals surface area contributed by atoms with Gasteiger partial charge in [0.1, 0.15) is 0 Å². The molecule has 1 amide bonds. The molecular weight excluding hydrogens is 432 g/mol. The van der Waals surface area contributed by atoms with Crippen LogP contribution in [0.4, 0.5) is 5.69 Å². The lowest BCUT2D eigenvalue weighted by Crippen LogP contribution is -2.37. The van der Waals surface area contributed by atoms with E-state index in [-0.39, 0.29) is 18.0 Å². The van der Waals surface area contributed by atoms with Gasteiger partial charge in [-0.05, 0) is 61.7 Å². The Kier molecular flexibility index (Phi) is 7.15. The molecular formula is C24H25ClN2O3S. The van der Waals surface area contributed by atoms with Crippen molar-refractivity contribution in [3.05, 3.63) is 94.0 Å². The van der Waals surface area contributed by atoms with E-state index in [1.807, 2.05) is 39.0 Å². The number of rotatable bonds is 7. The van der Waals surface area contributed by atoms with Crippen molar-refractivity contribution in [1.29, 1.82) is 0 Å². The summed E-state index contributed by atoms with van der Waals surface area (Å²) in [6.07, 6.45) is 0. The van der Waals surface area contributed by atoms with E-state index in [9.17, 15) is 13.2 Å². The van der Waals surface area contributed by atoms with Crippen LogP contribution < -0.4 is 5.32 Å². The van der Waals surface area contributed by atoms with Gasteiger partial charge in [-0.1, -0.05) is 59.6 Å². The highest BCUT2D eigenvalue weighted by atomic mass is 35.5. The summed E-state index contributed by atoms with van der Waals surface area (Å²) in [5.41, 5.74) is 4.17. The predicted molar refractivity (Wildman–Crippen MR) is 125 cm³/mol. The van der Waals surface area contributed by atoms with Crippen molar-refractivity contribution in [1.82, 2.24) is 4.31 Å². The molecule has 1 N–H and O–H groups in total. The second kappa shape index (κ2) is 9.64. The highest BCUT2D eigenvalue weighted by Crippen LogP contribution is 2.22. The summed E-state index contributed by atoms with van der Waals surface area (Å²) in [6.45, 7) is 5.39. The molecule has 31 heavy (non-hydrogen) atoms. The van der Waals surface area contributed by atoms with Gasteiger partial charge in [-0.25, -0.2) is 8.42 Å². The third-order valence-electron chi connectivity index (χ3n) is 4.97. The number of sulfonamides is 1. The van der Waals surface area contributed by atoms with Crippen molar-refractivity contribution in [2.24, 2.45) is 0 Å². The number of carbonyl (C=O) groups is 1. The van der Waals surface area contributed by atoms with Crippen LogP contribution in [0.5, 0.6) is 0 Å². The van der Waals surface area contributed by atoms with Crippen LogP contribution in [0.15, 0.2) is 71.6 Å². The SMILES string of the molecule is Cc1ccc(S(=O)(=O)N(CC(=O)Nc2c(C)cccc2C)Cc2cccc(Cl)c2)cc1. The van der Waals surface area contributed by atoms with E-state index in [2.05, 4.69) is 5.32 Å². The van der Waals surface area contributed by atoms with Gasteiger partial charge in [-0.3, -0.25) is 4.79 Å². The lowest BCUT2D eigenvalue weighted by molar-refractivity contribution is -0.116. The summed E-state index contributed by atoms with van der Waals surface area (Å²) < 4.78 is 27.9. The second-order valence-electron chi connectivity index (χ2n) is 7.53. The molecule has 162 valence electrons. The molecule has 0 atom stereocenters. The first-order valence-corrected chi connectivity index (χ1v) is 11.7. The smallest absolute Gasteiger partial charge is 0.243 e. The zero-order valence-corrected chi connectivity index (χ0v) is 19.3. The van der Waals surface area contributed by atoms with E-state index in [0.29, 0.717) is 16.3 Å². The van der Waals surface area contributed by atoms with Gasteiger partial charge in [0.25, 0.3) is 0 Å². The maximum absolute atomic E-state index is 13.4. The normalized spacial score (nSPS) is 11.5. The molecule has 7 heteroatoms. The Hall–Kier alpha value is -2.67. The molecule has 0 bridgehead atoms. The number of nitrogens with one attached hydrogen (secondary N) is 1. The van der Waals surface area contributed by atoms with E-state index >= 15 is 0 Å². The Balaban J connectivity index is 1.91. The molecule has 3 rings (SSSR count). The molecule has 0 fully saturated rings. The molecule has 0 unspecified atom stereocenters. The van der Waals surface area contributed by atoms with Crippen molar-refractivity contribution in [2.75, 3.05) is 11.9 Å². The van der Waals surface area contributed by atoms with Crippen LogP contribution in [0.3, 0.4) is 0 Å². The van der Waals surface area contributed by atoms with E-state index in [0.717, 1.165) is 16.7 Å². The van der Waals surface area contributed by atoms with Gasteiger partial charge in [-0.2, -0.15) is 4.31 Å². The van der Waals surface area contributed by atoms with Crippen LogP contribution in [-0.4, -0.2) is 25.2 Å². The van der Waals surface area contributed by atoms with Crippen LogP contribution in [0.2, 0.25) is 5.02 Å². The number of hydrogen-bond donors (Lipinski definition) is 1. The fourth-order valence-electron chi connectivity index (χ4n) is 3.27. The number of para-hydroxylation sites is 1. The van der Waals surface area contributed by atoms with Gasteiger partial charge in [0.05, 0.1) is 11.4 Å². The lowest BCUT2D eigenvalue weighted by Gasteiger charge is -2.23. The van der Waals surface area contributed by atoms with Gasteiger partial charge in [-0.15, -0.1) is 0 Å². The number of anilines is 1. The fourth-order valence-corrected chi connectivity index (χ4v) is 4.87. The van der Waals surface area contributed by atoms with Crippen LogP contribution in [0.1, 0.15) is 22.3 Å². The maximum atomic E-state index is 13.4. The van der Waals surface area contributed by atoms with Gasteiger partial charge in [0.15, 0.2) is 0 Å². The average molecular weight is 457 g/mol. The highest BCUT2D eigenvalue weighted by molar-refractivity contribution is 7.89. The van der Waals surface area contributed by atoms with Crippen LogP contribution in [0, 0.1) is 20.8 Å². The number of benzene rings is 3. The second-order valence-corrected chi connectivity index (χ2v) is 9.91. The lowest BCUT2D eigenvalue weighted by atomic mass is 10.1. The van der Waals surface area contributed by atoms with E-state index in [4.69, 9.17) is 11.6 Å². The first-order valence-electron chi connectivity index (χ1n) is 9.84. The third-order valence-corrected chi connectivity index (χ3v) is 7.01.